The van der Waals surface area contributed by atoms with E-state index in [2.05, 4.69) is 64.2 Å². The van der Waals surface area contributed by atoms with Crippen LogP contribution in [0.5, 0.6) is 0 Å². The third-order valence-electron chi connectivity index (χ3n) is 4.70. The van der Waals surface area contributed by atoms with Crippen LogP contribution in [0.4, 0.5) is 0 Å². The van der Waals surface area contributed by atoms with Gasteiger partial charge in [-0.1, -0.05) is 52.0 Å². The van der Waals surface area contributed by atoms with Gasteiger partial charge in [-0.3, -0.25) is 0 Å². The van der Waals surface area contributed by atoms with Crippen molar-refractivity contribution in [3.05, 3.63) is 35.4 Å². The summed E-state index contributed by atoms with van der Waals surface area (Å²) in [5.41, 5.74) is 3.71. The highest BCUT2D eigenvalue weighted by Crippen LogP contribution is 2.51. The topological polar surface area (TPSA) is 12.0 Å². The minimum Gasteiger partial charge on any atom is -0.314 e. The Bertz CT molecular complexity index is 406. The van der Waals surface area contributed by atoms with E-state index in [1.54, 1.807) is 0 Å². The molecule has 1 unspecified atom stereocenters. The molecular weight excluding hydrogens is 230 g/mol. The average molecular weight is 259 g/mol. The molecule has 0 amide bonds. The lowest BCUT2D eigenvalue weighted by molar-refractivity contribution is 0.355. The first-order chi connectivity index (χ1) is 8.87. The molecule has 1 aliphatic carbocycles. The molecule has 0 saturated heterocycles. The largest absolute Gasteiger partial charge is 0.314 e. The van der Waals surface area contributed by atoms with Crippen molar-refractivity contribution in [3.8, 4) is 0 Å². The van der Waals surface area contributed by atoms with Gasteiger partial charge in [-0.05, 0) is 54.7 Å². The third kappa shape index (κ3) is 3.39. The molecule has 106 valence electrons. The average Bonchev–Trinajstić information content (AvgIpc) is 3.10. The predicted octanol–water partition coefficient (Wildman–Crippen LogP) is 4.30. The minimum absolute atomic E-state index is 0.257. The molecule has 19 heavy (non-hydrogen) atoms. The Morgan fingerprint density at radius 3 is 2.16 bits per heavy atom. The van der Waals surface area contributed by atoms with Crippen LogP contribution in [0.25, 0.3) is 0 Å². The first kappa shape index (κ1) is 14.6. The summed E-state index contributed by atoms with van der Waals surface area (Å²) in [5.74, 6) is 0. The fraction of sp³-hybridized carbons (Fsp3) is 0.667. The molecule has 0 aromatic heterocycles. The minimum atomic E-state index is 0.257. The van der Waals surface area contributed by atoms with Gasteiger partial charge in [0.25, 0.3) is 0 Å². The van der Waals surface area contributed by atoms with Gasteiger partial charge in [0.15, 0.2) is 0 Å². The van der Waals surface area contributed by atoms with E-state index in [9.17, 15) is 0 Å². The van der Waals surface area contributed by atoms with E-state index in [-0.39, 0.29) is 5.41 Å². The van der Waals surface area contributed by atoms with Crippen LogP contribution >= 0.6 is 0 Å². The molecule has 1 fully saturated rings. The highest BCUT2D eigenvalue weighted by molar-refractivity contribution is 5.29. The van der Waals surface area contributed by atoms with Gasteiger partial charge in [-0.2, -0.15) is 0 Å². The van der Waals surface area contributed by atoms with Crippen LogP contribution in [0.3, 0.4) is 0 Å². The Kier molecular flexibility index (Phi) is 4.06. The van der Waals surface area contributed by atoms with Crippen LogP contribution in [0.1, 0.15) is 58.6 Å². The van der Waals surface area contributed by atoms with Crippen molar-refractivity contribution < 1.29 is 0 Å². The van der Waals surface area contributed by atoms with Crippen LogP contribution in [0, 0.1) is 5.41 Å². The van der Waals surface area contributed by atoms with Crippen molar-refractivity contribution in [3.63, 3.8) is 0 Å². The van der Waals surface area contributed by atoms with Crippen LogP contribution in [0.2, 0.25) is 0 Å². The van der Waals surface area contributed by atoms with E-state index in [1.165, 1.54) is 30.4 Å². The summed E-state index contributed by atoms with van der Waals surface area (Å²) >= 11 is 0. The highest BCUT2D eigenvalue weighted by atomic mass is 14.9. The molecular formula is C18H29N. The molecule has 1 aromatic carbocycles. The van der Waals surface area contributed by atoms with Crippen molar-refractivity contribution in [2.24, 2.45) is 5.41 Å². The second kappa shape index (κ2) is 5.28. The van der Waals surface area contributed by atoms with Crippen LogP contribution < -0.4 is 5.32 Å². The summed E-state index contributed by atoms with van der Waals surface area (Å²) in [6, 6.07) is 9.92. The Hall–Kier alpha value is -0.820. The van der Waals surface area contributed by atoms with Gasteiger partial charge < -0.3 is 5.32 Å². The van der Waals surface area contributed by atoms with Gasteiger partial charge >= 0.3 is 0 Å². The lowest BCUT2D eigenvalue weighted by atomic mass is 9.85. The smallest absolute Gasteiger partial charge is 0.00982 e. The van der Waals surface area contributed by atoms with E-state index in [0.29, 0.717) is 11.5 Å². The summed E-state index contributed by atoms with van der Waals surface area (Å²) < 4.78 is 0. The van der Waals surface area contributed by atoms with Crippen molar-refractivity contribution in [1.29, 1.82) is 0 Å². The molecule has 1 aliphatic rings. The van der Waals surface area contributed by atoms with Gasteiger partial charge in [-0.25, -0.2) is 0 Å². The predicted molar refractivity (Wildman–Crippen MR) is 83.7 cm³/mol. The second-order valence-electron chi connectivity index (χ2n) is 7.27. The van der Waals surface area contributed by atoms with E-state index >= 15 is 0 Å². The maximum atomic E-state index is 3.60. The van der Waals surface area contributed by atoms with Gasteiger partial charge in [0, 0.05) is 6.04 Å². The zero-order chi connectivity index (χ0) is 14.1. The van der Waals surface area contributed by atoms with Gasteiger partial charge in [0.1, 0.15) is 0 Å². The van der Waals surface area contributed by atoms with Crippen molar-refractivity contribution >= 4 is 0 Å². The third-order valence-corrected chi connectivity index (χ3v) is 4.70. The first-order valence-electron chi connectivity index (χ1n) is 7.70. The van der Waals surface area contributed by atoms with Crippen molar-refractivity contribution in [2.45, 2.75) is 65.3 Å². The maximum Gasteiger partial charge on any atom is 0.00982 e. The lowest BCUT2D eigenvalue weighted by Gasteiger charge is -2.25. The summed E-state index contributed by atoms with van der Waals surface area (Å²) in [6.45, 7) is 12.4. The molecule has 0 heterocycles. The zero-order valence-corrected chi connectivity index (χ0v) is 13.2. The second-order valence-corrected chi connectivity index (χ2v) is 7.27. The van der Waals surface area contributed by atoms with Crippen LogP contribution in [-0.2, 0) is 11.8 Å². The number of hydrogen-bond donors (Lipinski definition) is 1. The zero-order valence-electron chi connectivity index (χ0n) is 13.2. The number of hydrogen-bond acceptors (Lipinski definition) is 1. The molecule has 0 radical (unpaired) electrons. The normalized spacial score (nSPS) is 19.2. The Morgan fingerprint density at radius 1 is 1.16 bits per heavy atom. The molecule has 0 spiro atoms. The monoisotopic (exact) mass is 259 g/mol. The molecule has 1 nitrogen and oxygen atoms in total. The van der Waals surface area contributed by atoms with Gasteiger partial charge in [0.05, 0.1) is 0 Å². The van der Waals surface area contributed by atoms with Gasteiger partial charge in [-0.15, -0.1) is 0 Å². The SMILES string of the molecule is CCNC(C)C1(Cc2ccc(C(C)(C)C)cc2)CC1. The van der Waals surface area contributed by atoms with Crippen molar-refractivity contribution in [2.75, 3.05) is 6.54 Å². The molecule has 0 bridgehead atoms. The first-order valence-corrected chi connectivity index (χ1v) is 7.70. The highest BCUT2D eigenvalue weighted by Gasteiger charge is 2.46. The summed E-state index contributed by atoms with van der Waals surface area (Å²) in [5, 5.41) is 3.60. The molecule has 1 saturated carbocycles. The fourth-order valence-corrected chi connectivity index (χ4v) is 2.98. The quantitative estimate of drug-likeness (QED) is 0.831. The van der Waals surface area contributed by atoms with Crippen molar-refractivity contribution in [1.82, 2.24) is 5.32 Å². The molecule has 1 aromatic rings. The summed E-state index contributed by atoms with van der Waals surface area (Å²) in [6.07, 6.45) is 3.98. The van der Waals surface area contributed by atoms with Gasteiger partial charge in [0.2, 0.25) is 0 Å². The van der Waals surface area contributed by atoms with E-state index in [0.717, 1.165) is 6.54 Å². The molecule has 2 rings (SSSR count). The summed E-state index contributed by atoms with van der Waals surface area (Å²) in [4.78, 5) is 0. The van der Waals surface area contributed by atoms with Crippen LogP contribution in [-0.4, -0.2) is 12.6 Å². The Balaban J connectivity index is 2.04. The molecule has 1 N–H and O–H groups in total. The maximum absolute atomic E-state index is 3.60. The Morgan fingerprint density at radius 2 is 1.74 bits per heavy atom. The molecule has 0 aliphatic heterocycles. The Labute approximate surface area is 118 Å². The molecule has 1 heteroatoms. The van der Waals surface area contributed by atoms with E-state index in [1.807, 2.05) is 0 Å². The standard InChI is InChI=1S/C18H29N/c1-6-19-14(2)18(11-12-18)13-15-7-9-16(10-8-15)17(3,4)5/h7-10,14,19H,6,11-13H2,1-5H3. The molecule has 1 atom stereocenters. The number of rotatable bonds is 5. The number of nitrogens with one attached hydrogen (secondary N) is 1. The fourth-order valence-electron chi connectivity index (χ4n) is 2.98. The van der Waals surface area contributed by atoms with E-state index in [4.69, 9.17) is 0 Å². The van der Waals surface area contributed by atoms with Crippen LogP contribution in [0.15, 0.2) is 24.3 Å². The lowest BCUT2D eigenvalue weighted by Crippen LogP contribution is -2.35. The van der Waals surface area contributed by atoms with E-state index < -0.39 is 0 Å². The number of benzene rings is 1. The summed E-state index contributed by atoms with van der Waals surface area (Å²) in [7, 11) is 0.